The van der Waals surface area contributed by atoms with E-state index in [1.807, 2.05) is 0 Å². The first-order valence-electron chi connectivity index (χ1n) is 4.82. The van der Waals surface area contributed by atoms with Crippen LogP contribution in [0.4, 0.5) is 16.0 Å². The Kier molecular flexibility index (Phi) is 3.00. The molecule has 2 N–H and O–H groups in total. The van der Waals surface area contributed by atoms with Gasteiger partial charge in [0.2, 0.25) is 5.95 Å². The van der Waals surface area contributed by atoms with Crippen LogP contribution < -0.4 is 5.32 Å². The molecule has 0 aliphatic rings. The topological polar surface area (TPSA) is 101 Å². The minimum atomic E-state index is -0.819. The number of nitrogens with zero attached hydrogens (tertiary/aromatic N) is 2. The van der Waals surface area contributed by atoms with Gasteiger partial charge in [0.15, 0.2) is 0 Å². The number of halogens is 1. The molecule has 2 aromatic rings. The van der Waals surface area contributed by atoms with Gasteiger partial charge in [0.1, 0.15) is 11.4 Å². The molecular formula is C10H7FN4O3. The summed E-state index contributed by atoms with van der Waals surface area (Å²) in [4.78, 5) is 28.0. The lowest BCUT2D eigenvalue weighted by molar-refractivity contribution is -0.385. The molecule has 0 fully saturated rings. The molecule has 1 aromatic heterocycles. The Morgan fingerprint density at radius 3 is 2.89 bits per heavy atom. The Morgan fingerprint density at radius 2 is 2.28 bits per heavy atom. The third-order valence-corrected chi connectivity index (χ3v) is 2.13. The minimum Gasteiger partial charge on any atom is -0.331 e. The number of aromatic nitrogens is 2. The van der Waals surface area contributed by atoms with Gasteiger partial charge >= 0.3 is 0 Å². The van der Waals surface area contributed by atoms with Gasteiger partial charge in [-0.05, 0) is 12.1 Å². The largest absolute Gasteiger partial charge is 0.331 e. The average Bonchev–Trinajstić information content (AvgIpc) is 2.81. The van der Waals surface area contributed by atoms with E-state index >= 15 is 0 Å². The second-order valence-corrected chi connectivity index (χ2v) is 3.31. The fourth-order valence-corrected chi connectivity index (χ4v) is 1.36. The van der Waals surface area contributed by atoms with Crippen molar-refractivity contribution in [3.05, 3.63) is 52.1 Å². The number of nitro groups is 1. The number of anilines is 1. The number of benzene rings is 1. The number of nitro benzene ring substituents is 1. The number of aromatic amines is 1. The number of carbonyl (C=O) groups is 1. The second-order valence-electron chi connectivity index (χ2n) is 3.31. The first-order chi connectivity index (χ1) is 8.58. The van der Waals surface area contributed by atoms with Gasteiger partial charge in [-0.2, -0.15) is 0 Å². The van der Waals surface area contributed by atoms with E-state index in [1.165, 1.54) is 12.4 Å². The molecule has 0 unspecified atom stereocenters. The lowest BCUT2D eigenvalue weighted by Crippen LogP contribution is -2.15. The normalized spacial score (nSPS) is 10.1. The van der Waals surface area contributed by atoms with E-state index in [1.54, 1.807) is 0 Å². The lowest BCUT2D eigenvalue weighted by Gasteiger charge is -2.03. The molecule has 1 heterocycles. The fourth-order valence-electron chi connectivity index (χ4n) is 1.36. The number of rotatable bonds is 3. The Morgan fingerprint density at radius 1 is 1.50 bits per heavy atom. The smallest absolute Gasteiger partial charge is 0.285 e. The monoisotopic (exact) mass is 250 g/mol. The number of carbonyl (C=O) groups excluding carboxylic acids is 1. The van der Waals surface area contributed by atoms with Gasteiger partial charge in [-0.1, -0.05) is 0 Å². The van der Waals surface area contributed by atoms with Gasteiger partial charge in [0, 0.05) is 12.4 Å². The zero-order chi connectivity index (χ0) is 13.1. The second kappa shape index (κ2) is 4.62. The van der Waals surface area contributed by atoms with Crippen molar-refractivity contribution in [3.63, 3.8) is 0 Å². The van der Waals surface area contributed by atoms with Crippen LogP contribution in [-0.2, 0) is 0 Å². The minimum absolute atomic E-state index is 0.152. The van der Waals surface area contributed by atoms with E-state index in [0.29, 0.717) is 6.07 Å². The quantitative estimate of drug-likeness (QED) is 0.639. The molecule has 92 valence electrons. The van der Waals surface area contributed by atoms with Crippen molar-refractivity contribution in [2.45, 2.75) is 0 Å². The van der Waals surface area contributed by atoms with Crippen LogP contribution in [0, 0.1) is 15.9 Å². The maximum absolute atomic E-state index is 12.9. The van der Waals surface area contributed by atoms with Crippen molar-refractivity contribution in [1.82, 2.24) is 9.97 Å². The van der Waals surface area contributed by atoms with Crippen molar-refractivity contribution >= 4 is 17.5 Å². The summed E-state index contributed by atoms with van der Waals surface area (Å²) in [5.74, 6) is -1.37. The van der Waals surface area contributed by atoms with Crippen LogP contribution in [0.25, 0.3) is 0 Å². The van der Waals surface area contributed by atoms with Gasteiger partial charge < -0.3 is 4.98 Å². The molecule has 7 nitrogen and oxygen atoms in total. The van der Waals surface area contributed by atoms with E-state index in [0.717, 1.165) is 12.1 Å². The Labute approximate surface area is 99.8 Å². The summed E-state index contributed by atoms with van der Waals surface area (Å²) >= 11 is 0. The zero-order valence-corrected chi connectivity index (χ0v) is 8.88. The van der Waals surface area contributed by atoms with Crippen molar-refractivity contribution < 1.29 is 14.1 Å². The van der Waals surface area contributed by atoms with Crippen molar-refractivity contribution in [2.75, 3.05) is 5.32 Å². The van der Waals surface area contributed by atoms with Gasteiger partial charge in [0.05, 0.1) is 11.0 Å². The highest BCUT2D eigenvalue weighted by molar-refractivity contribution is 6.06. The Bertz CT molecular complexity index is 597. The van der Waals surface area contributed by atoms with Crippen LogP contribution in [0.1, 0.15) is 10.4 Å². The van der Waals surface area contributed by atoms with E-state index in [-0.39, 0.29) is 11.5 Å². The molecule has 1 aromatic carbocycles. The molecule has 0 aliphatic heterocycles. The molecule has 2 rings (SSSR count). The van der Waals surface area contributed by atoms with E-state index in [9.17, 15) is 19.3 Å². The summed E-state index contributed by atoms with van der Waals surface area (Å²) in [6.07, 6.45) is 2.89. The van der Waals surface area contributed by atoms with Gasteiger partial charge in [-0.3, -0.25) is 20.2 Å². The number of nitrogens with one attached hydrogen (secondary N) is 2. The van der Waals surface area contributed by atoms with Crippen molar-refractivity contribution in [2.24, 2.45) is 0 Å². The van der Waals surface area contributed by atoms with Crippen LogP contribution in [0.5, 0.6) is 0 Å². The first-order valence-corrected chi connectivity index (χ1v) is 4.82. The van der Waals surface area contributed by atoms with Crippen LogP contribution in [0.2, 0.25) is 0 Å². The zero-order valence-electron chi connectivity index (χ0n) is 8.88. The molecule has 1 amide bonds. The SMILES string of the molecule is O=C(Nc1ncc[nH]1)c1ccc(F)cc1[N+](=O)[O-]. The third kappa shape index (κ3) is 2.32. The van der Waals surface area contributed by atoms with Crippen LogP contribution in [0.3, 0.4) is 0 Å². The third-order valence-electron chi connectivity index (χ3n) is 2.13. The van der Waals surface area contributed by atoms with Crippen molar-refractivity contribution in [1.29, 1.82) is 0 Å². The molecule has 0 saturated heterocycles. The maximum Gasteiger partial charge on any atom is 0.285 e. The van der Waals surface area contributed by atoms with Crippen LogP contribution >= 0.6 is 0 Å². The summed E-state index contributed by atoms with van der Waals surface area (Å²) in [5, 5.41) is 13.0. The average molecular weight is 250 g/mol. The standard InChI is InChI=1S/C10H7FN4O3/c11-6-1-2-7(8(5-6)15(17)18)9(16)14-10-12-3-4-13-10/h1-5H,(H2,12,13,14,16). The predicted octanol–water partition coefficient (Wildman–Crippen LogP) is 1.71. The maximum atomic E-state index is 12.9. The van der Waals surface area contributed by atoms with Gasteiger partial charge in [0.25, 0.3) is 11.6 Å². The van der Waals surface area contributed by atoms with Crippen LogP contribution in [0.15, 0.2) is 30.6 Å². The van der Waals surface area contributed by atoms with Gasteiger partial charge in [-0.25, -0.2) is 9.37 Å². The number of imidazole rings is 1. The Hall–Kier alpha value is -2.77. The van der Waals surface area contributed by atoms with Gasteiger partial charge in [-0.15, -0.1) is 0 Å². The number of hydrogen-bond donors (Lipinski definition) is 2. The van der Waals surface area contributed by atoms with Crippen LogP contribution in [-0.4, -0.2) is 20.8 Å². The molecule has 0 saturated carbocycles. The Balaban J connectivity index is 2.32. The summed E-state index contributed by atoms with van der Waals surface area (Å²) in [6.45, 7) is 0. The molecule has 0 atom stereocenters. The number of H-pyrrole nitrogens is 1. The molecule has 8 heteroatoms. The first kappa shape index (κ1) is 11.7. The summed E-state index contributed by atoms with van der Waals surface area (Å²) in [5.41, 5.74) is -0.836. The summed E-state index contributed by atoms with van der Waals surface area (Å²) in [7, 11) is 0. The summed E-state index contributed by atoms with van der Waals surface area (Å²) in [6, 6.07) is 2.72. The molecule has 0 spiro atoms. The molecule has 18 heavy (non-hydrogen) atoms. The molecule has 0 radical (unpaired) electrons. The predicted molar refractivity (Wildman–Crippen MR) is 59.6 cm³/mol. The molecule has 0 aliphatic carbocycles. The number of hydrogen-bond acceptors (Lipinski definition) is 4. The van der Waals surface area contributed by atoms with E-state index in [2.05, 4.69) is 15.3 Å². The lowest BCUT2D eigenvalue weighted by atomic mass is 10.1. The number of amides is 1. The highest BCUT2D eigenvalue weighted by Crippen LogP contribution is 2.20. The van der Waals surface area contributed by atoms with E-state index in [4.69, 9.17) is 0 Å². The molecule has 0 bridgehead atoms. The highest BCUT2D eigenvalue weighted by atomic mass is 19.1. The van der Waals surface area contributed by atoms with E-state index < -0.39 is 22.3 Å². The molecular weight excluding hydrogens is 243 g/mol. The summed E-state index contributed by atoms with van der Waals surface area (Å²) < 4.78 is 12.9. The fraction of sp³-hybridized carbons (Fsp3) is 0. The van der Waals surface area contributed by atoms with Crippen molar-refractivity contribution in [3.8, 4) is 0 Å². The highest BCUT2D eigenvalue weighted by Gasteiger charge is 2.21.